The maximum absolute atomic E-state index is 12.4. The summed E-state index contributed by atoms with van der Waals surface area (Å²) >= 11 is 0. The first kappa shape index (κ1) is 23.7. The molecule has 5 aromatic carbocycles. The smallest absolute Gasteiger partial charge is 0.197 e. The van der Waals surface area contributed by atoms with Crippen molar-refractivity contribution in [2.45, 2.75) is 30.6 Å². The highest BCUT2D eigenvalue weighted by Crippen LogP contribution is 2.46. The highest BCUT2D eigenvalue weighted by molar-refractivity contribution is 7.85. The number of fused-ring (bicyclic) bond motifs is 7. The zero-order valence-electron chi connectivity index (χ0n) is 21.7. The molecule has 7 heteroatoms. The van der Waals surface area contributed by atoms with Crippen molar-refractivity contribution in [3.05, 3.63) is 89.3 Å². The van der Waals surface area contributed by atoms with Crippen molar-refractivity contribution in [3.63, 3.8) is 0 Å². The minimum atomic E-state index is -4.73. The Labute approximate surface area is 230 Å². The number of nitrogens with two attached hydrogens (primary N) is 1. The van der Waals surface area contributed by atoms with Crippen LogP contribution >= 0.6 is 0 Å². The molecule has 2 aliphatic rings. The van der Waals surface area contributed by atoms with Crippen LogP contribution in [0.1, 0.15) is 24.0 Å². The molecule has 1 aromatic heterocycles. The summed E-state index contributed by atoms with van der Waals surface area (Å²) in [6.07, 6.45) is 4.27. The Morgan fingerprint density at radius 2 is 1.48 bits per heavy atom. The topological polar surface area (TPSA) is 99.2 Å². The van der Waals surface area contributed by atoms with Crippen LogP contribution in [0.3, 0.4) is 0 Å². The van der Waals surface area contributed by atoms with Crippen molar-refractivity contribution < 1.29 is 22.8 Å². The maximum Gasteiger partial charge on any atom is 0.197 e. The summed E-state index contributed by atoms with van der Waals surface area (Å²) in [6.45, 7) is 2.18. The van der Waals surface area contributed by atoms with E-state index in [-0.39, 0.29) is 4.90 Å². The Hall–Kier alpha value is -4.20. The van der Waals surface area contributed by atoms with Gasteiger partial charge in [-0.2, -0.15) is 0 Å². The number of hydrogen-bond donors (Lipinski definition) is 1. The highest BCUT2D eigenvalue weighted by atomic mass is 32.2. The van der Waals surface area contributed by atoms with Gasteiger partial charge in [-0.25, -0.2) is 8.42 Å². The Morgan fingerprint density at radius 3 is 2.30 bits per heavy atom. The minimum Gasteiger partial charge on any atom is -0.744 e. The fourth-order valence-corrected chi connectivity index (χ4v) is 7.70. The van der Waals surface area contributed by atoms with E-state index in [4.69, 9.17) is 9.83 Å². The molecule has 0 bridgehead atoms. The van der Waals surface area contributed by atoms with Crippen LogP contribution in [0.5, 0.6) is 0 Å². The van der Waals surface area contributed by atoms with Gasteiger partial charge in [0.1, 0.15) is 21.3 Å². The van der Waals surface area contributed by atoms with Crippen molar-refractivity contribution in [2.75, 3.05) is 18.0 Å². The molecular formula is C33H26N2O4S. The average Bonchev–Trinajstić information content (AvgIpc) is 2.95. The van der Waals surface area contributed by atoms with Gasteiger partial charge in [0, 0.05) is 63.6 Å². The quantitative estimate of drug-likeness (QED) is 0.191. The van der Waals surface area contributed by atoms with Crippen molar-refractivity contribution in [3.8, 4) is 11.1 Å². The second-order valence-electron chi connectivity index (χ2n) is 10.9. The molecule has 0 radical (unpaired) electrons. The predicted octanol–water partition coefficient (Wildman–Crippen LogP) is 4.82. The third kappa shape index (κ3) is 3.37. The first-order valence-corrected chi connectivity index (χ1v) is 15.1. The molecule has 0 saturated heterocycles. The first-order chi connectivity index (χ1) is 19.4. The van der Waals surface area contributed by atoms with Gasteiger partial charge >= 0.3 is 0 Å². The zero-order chi connectivity index (χ0) is 27.2. The summed E-state index contributed by atoms with van der Waals surface area (Å²) < 4.78 is 44.2. The Morgan fingerprint density at radius 1 is 0.775 bits per heavy atom. The number of rotatable bonds is 2. The van der Waals surface area contributed by atoms with Gasteiger partial charge in [0.05, 0.1) is 4.90 Å². The fraction of sp³-hybridized carbons (Fsp3) is 0.182. The van der Waals surface area contributed by atoms with E-state index in [1.807, 2.05) is 36.4 Å². The lowest BCUT2D eigenvalue weighted by Gasteiger charge is -2.37. The molecule has 198 valence electrons. The SMILES string of the molecule is [NH2+]=c1ccc2c(ccc3c(-c4ccccc4S(=O)(=O)[O-])c4ccc5c6c7c(cc5c4oc32)CCCN7CCC6)c1. The Kier molecular flexibility index (Phi) is 4.97. The second kappa shape index (κ2) is 8.40. The van der Waals surface area contributed by atoms with Gasteiger partial charge in [0.2, 0.25) is 0 Å². The van der Waals surface area contributed by atoms with Crippen LogP contribution in [0, 0.1) is 0 Å². The maximum atomic E-state index is 12.4. The molecule has 40 heavy (non-hydrogen) atoms. The fourth-order valence-electron chi connectivity index (χ4n) is 7.01. The van der Waals surface area contributed by atoms with Crippen LogP contribution in [0.2, 0.25) is 0 Å². The Bertz CT molecular complexity index is 2230. The molecule has 6 nitrogen and oxygen atoms in total. The van der Waals surface area contributed by atoms with Crippen LogP contribution in [0.4, 0.5) is 5.69 Å². The summed E-state index contributed by atoms with van der Waals surface area (Å²) in [5, 5.41) is 12.3. The van der Waals surface area contributed by atoms with E-state index in [1.165, 1.54) is 28.3 Å². The van der Waals surface area contributed by atoms with Crippen molar-refractivity contribution in [2.24, 2.45) is 0 Å². The molecule has 3 heterocycles. The molecule has 0 aliphatic carbocycles. The molecule has 0 spiro atoms. The molecule has 6 aromatic rings. The van der Waals surface area contributed by atoms with E-state index >= 15 is 0 Å². The van der Waals surface area contributed by atoms with Crippen molar-refractivity contribution >= 4 is 59.3 Å². The number of benzene rings is 5. The molecule has 0 saturated carbocycles. The predicted molar refractivity (Wildman–Crippen MR) is 156 cm³/mol. The highest BCUT2D eigenvalue weighted by Gasteiger charge is 2.27. The molecule has 2 aliphatic heterocycles. The molecular weight excluding hydrogens is 520 g/mol. The number of nitrogens with zero attached hydrogens (tertiary/aromatic N) is 1. The van der Waals surface area contributed by atoms with E-state index in [1.54, 1.807) is 18.2 Å². The monoisotopic (exact) mass is 546 g/mol. The van der Waals surface area contributed by atoms with E-state index in [0.29, 0.717) is 27.7 Å². The van der Waals surface area contributed by atoms with Crippen LogP contribution in [-0.2, 0) is 23.0 Å². The zero-order valence-corrected chi connectivity index (χ0v) is 22.6. The molecule has 8 rings (SSSR count). The van der Waals surface area contributed by atoms with E-state index in [0.717, 1.165) is 65.7 Å². The van der Waals surface area contributed by atoms with Gasteiger partial charge < -0.3 is 13.9 Å². The summed E-state index contributed by atoms with van der Waals surface area (Å²) in [5.74, 6) is 0. The van der Waals surface area contributed by atoms with Crippen LogP contribution < -0.4 is 15.7 Å². The third-order valence-corrected chi connectivity index (χ3v) is 9.53. The van der Waals surface area contributed by atoms with Gasteiger partial charge in [-0.3, -0.25) is 5.41 Å². The standard InChI is InChI=1S/C33H26N2O4S/c34-21-10-12-22-19(17-21)9-11-26-30(25-6-1-2-8-29(25)40(36,37)38)27-14-13-23-24-7-4-16-35-15-3-5-20(31(24)35)18-28(23)33(27)39-32(22)26/h1-2,6,8-14,17-18,34H,3-5,7,15-16H2,(H,36,37,38). The normalized spacial score (nSPS) is 15.3. The minimum absolute atomic E-state index is 0.238. The second-order valence-corrected chi connectivity index (χ2v) is 12.3. The number of aryl methyl sites for hydroxylation is 2. The largest absolute Gasteiger partial charge is 0.744 e. The molecule has 0 atom stereocenters. The molecule has 0 fully saturated rings. The summed E-state index contributed by atoms with van der Waals surface area (Å²) in [5.41, 5.74) is 6.48. The van der Waals surface area contributed by atoms with Crippen LogP contribution in [-0.4, -0.2) is 26.1 Å². The van der Waals surface area contributed by atoms with Crippen LogP contribution in [0.15, 0.2) is 82.1 Å². The number of hydrogen-bond acceptors (Lipinski definition) is 5. The van der Waals surface area contributed by atoms with E-state index in [2.05, 4.69) is 17.0 Å². The third-order valence-electron chi connectivity index (χ3n) is 8.64. The number of anilines is 1. The lowest BCUT2D eigenvalue weighted by molar-refractivity contribution is -0.172. The van der Waals surface area contributed by atoms with E-state index in [9.17, 15) is 13.0 Å². The lowest BCUT2D eigenvalue weighted by Crippen LogP contribution is -2.44. The summed E-state index contributed by atoms with van der Waals surface area (Å²) in [4.78, 5) is 2.29. The van der Waals surface area contributed by atoms with Crippen LogP contribution in [0.25, 0.3) is 54.6 Å². The summed E-state index contributed by atoms with van der Waals surface area (Å²) in [6, 6.07) is 22.5. The van der Waals surface area contributed by atoms with Gasteiger partial charge in [0.15, 0.2) is 5.36 Å². The average molecular weight is 547 g/mol. The molecule has 0 unspecified atom stereocenters. The first-order valence-electron chi connectivity index (χ1n) is 13.7. The van der Waals surface area contributed by atoms with Gasteiger partial charge in [-0.15, -0.1) is 0 Å². The lowest BCUT2D eigenvalue weighted by atomic mass is 9.86. The van der Waals surface area contributed by atoms with Crippen molar-refractivity contribution in [1.29, 1.82) is 0 Å². The van der Waals surface area contributed by atoms with Gasteiger partial charge in [-0.05, 0) is 77.9 Å². The molecule has 0 amide bonds. The summed E-state index contributed by atoms with van der Waals surface area (Å²) in [7, 11) is -4.73. The van der Waals surface area contributed by atoms with E-state index < -0.39 is 10.1 Å². The Balaban J connectivity index is 1.60. The molecule has 2 N–H and O–H groups in total. The van der Waals surface area contributed by atoms with Gasteiger partial charge in [0.25, 0.3) is 0 Å². The van der Waals surface area contributed by atoms with Crippen molar-refractivity contribution in [1.82, 2.24) is 0 Å². The van der Waals surface area contributed by atoms with Gasteiger partial charge in [-0.1, -0.05) is 30.3 Å².